The van der Waals surface area contributed by atoms with E-state index in [2.05, 4.69) is 4.90 Å². The summed E-state index contributed by atoms with van der Waals surface area (Å²) < 4.78 is 5.30. The van der Waals surface area contributed by atoms with Gasteiger partial charge in [0.1, 0.15) is 0 Å². The van der Waals surface area contributed by atoms with Crippen LogP contribution in [-0.2, 0) is 14.3 Å². The Hall–Kier alpha value is -0.940. The van der Waals surface area contributed by atoms with Crippen molar-refractivity contribution in [2.24, 2.45) is 5.41 Å². The minimum Gasteiger partial charge on any atom is -0.379 e. The quantitative estimate of drug-likeness (QED) is 0.717. The SMILES string of the molecule is O=C1CC2(CCCCC2)CC(=O)N1CN1CCOCC1. The van der Waals surface area contributed by atoms with Crippen LogP contribution < -0.4 is 0 Å². The van der Waals surface area contributed by atoms with Gasteiger partial charge in [0.15, 0.2) is 0 Å². The molecule has 5 heteroatoms. The Kier molecular flexibility index (Phi) is 4.08. The van der Waals surface area contributed by atoms with Gasteiger partial charge in [-0.3, -0.25) is 19.4 Å². The van der Waals surface area contributed by atoms with Crippen LogP contribution in [0.3, 0.4) is 0 Å². The fraction of sp³-hybridized carbons (Fsp3) is 0.867. The number of rotatable bonds is 2. The monoisotopic (exact) mass is 280 g/mol. The van der Waals surface area contributed by atoms with Crippen LogP contribution in [0.5, 0.6) is 0 Å². The first-order valence-electron chi connectivity index (χ1n) is 7.82. The van der Waals surface area contributed by atoms with Crippen molar-refractivity contribution < 1.29 is 14.3 Å². The van der Waals surface area contributed by atoms with E-state index in [9.17, 15) is 9.59 Å². The number of imide groups is 1. The van der Waals surface area contributed by atoms with E-state index in [0.717, 1.165) is 25.9 Å². The first kappa shape index (κ1) is 14.0. The number of nitrogens with zero attached hydrogens (tertiary/aromatic N) is 2. The summed E-state index contributed by atoms with van der Waals surface area (Å²) in [5.74, 6) is 0.0734. The molecule has 0 aromatic rings. The molecule has 0 aromatic carbocycles. The van der Waals surface area contributed by atoms with E-state index in [-0.39, 0.29) is 17.2 Å². The zero-order valence-corrected chi connectivity index (χ0v) is 12.1. The van der Waals surface area contributed by atoms with Crippen LogP contribution in [0.25, 0.3) is 0 Å². The molecular formula is C15H24N2O3. The molecule has 0 radical (unpaired) electrons. The minimum atomic E-state index is -0.00603. The summed E-state index contributed by atoms with van der Waals surface area (Å²) in [6.45, 7) is 3.46. The number of carbonyl (C=O) groups is 2. The number of ether oxygens (including phenoxy) is 1. The lowest BCUT2D eigenvalue weighted by atomic mass is 9.67. The highest BCUT2D eigenvalue weighted by Crippen LogP contribution is 2.45. The third-order valence-electron chi connectivity index (χ3n) is 5.01. The van der Waals surface area contributed by atoms with Gasteiger partial charge < -0.3 is 4.74 Å². The van der Waals surface area contributed by atoms with E-state index >= 15 is 0 Å². The maximum Gasteiger partial charge on any atom is 0.230 e. The average molecular weight is 280 g/mol. The first-order chi connectivity index (χ1) is 9.69. The van der Waals surface area contributed by atoms with Crippen molar-refractivity contribution in [3.63, 3.8) is 0 Å². The molecule has 1 saturated carbocycles. The smallest absolute Gasteiger partial charge is 0.230 e. The lowest BCUT2D eigenvalue weighted by molar-refractivity contribution is -0.158. The molecule has 2 aliphatic heterocycles. The number of hydrogen-bond donors (Lipinski definition) is 0. The second-order valence-corrected chi connectivity index (χ2v) is 6.50. The van der Waals surface area contributed by atoms with E-state index in [1.807, 2.05) is 0 Å². The number of likely N-dealkylation sites (tertiary alicyclic amines) is 1. The van der Waals surface area contributed by atoms with Crippen molar-refractivity contribution in [1.29, 1.82) is 0 Å². The molecule has 0 atom stereocenters. The zero-order chi connectivity index (χ0) is 14.0. The third-order valence-corrected chi connectivity index (χ3v) is 5.01. The van der Waals surface area contributed by atoms with Gasteiger partial charge in [0.2, 0.25) is 11.8 Å². The first-order valence-corrected chi connectivity index (χ1v) is 7.82. The summed E-state index contributed by atoms with van der Waals surface area (Å²) in [7, 11) is 0. The molecule has 1 aliphatic carbocycles. The fourth-order valence-electron chi connectivity index (χ4n) is 3.79. The second-order valence-electron chi connectivity index (χ2n) is 6.50. The fourth-order valence-corrected chi connectivity index (χ4v) is 3.79. The van der Waals surface area contributed by atoms with Gasteiger partial charge in [-0.25, -0.2) is 0 Å². The lowest BCUT2D eigenvalue weighted by Gasteiger charge is -2.43. The molecule has 3 aliphatic rings. The summed E-state index contributed by atoms with van der Waals surface area (Å²) >= 11 is 0. The van der Waals surface area contributed by atoms with Gasteiger partial charge >= 0.3 is 0 Å². The predicted octanol–water partition coefficient (Wildman–Crippen LogP) is 1.38. The van der Waals surface area contributed by atoms with Gasteiger partial charge in [-0.1, -0.05) is 19.3 Å². The average Bonchev–Trinajstić information content (AvgIpc) is 2.45. The molecule has 2 heterocycles. The van der Waals surface area contributed by atoms with Crippen LogP contribution in [0.15, 0.2) is 0 Å². The van der Waals surface area contributed by atoms with Gasteiger partial charge in [0.25, 0.3) is 0 Å². The third kappa shape index (κ3) is 2.88. The van der Waals surface area contributed by atoms with E-state index < -0.39 is 0 Å². The van der Waals surface area contributed by atoms with Crippen molar-refractivity contribution in [3.8, 4) is 0 Å². The maximum absolute atomic E-state index is 12.4. The highest BCUT2D eigenvalue weighted by atomic mass is 16.5. The summed E-state index contributed by atoms with van der Waals surface area (Å²) in [6, 6.07) is 0. The van der Waals surface area contributed by atoms with Gasteiger partial charge in [-0.2, -0.15) is 0 Å². The summed E-state index contributed by atoms with van der Waals surface area (Å²) in [6.07, 6.45) is 6.84. The Labute approximate surface area is 120 Å². The summed E-state index contributed by atoms with van der Waals surface area (Å²) in [5.41, 5.74) is -0.00603. The lowest BCUT2D eigenvalue weighted by Crippen LogP contribution is -2.53. The molecule has 0 N–H and O–H groups in total. The van der Waals surface area contributed by atoms with Crippen molar-refractivity contribution in [1.82, 2.24) is 9.80 Å². The molecule has 112 valence electrons. The molecule has 20 heavy (non-hydrogen) atoms. The van der Waals surface area contributed by atoms with Crippen molar-refractivity contribution >= 4 is 11.8 Å². The highest BCUT2D eigenvalue weighted by molar-refractivity contribution is 5.98. The molecule has 3 rings (SSSR count). The van der Waals surface area contributed by atoms with Gasteiger partial charge in [-0.05, 0) is 18.3 Å². The molecule has 0 aromatic heterocycles. The minimum absolute atomic E-state index is 0.00603. The Morgan fingerprint density at radius 3 is 2.15 bits per heavy atom. The van der Waals surface area contributed by atoms with Crippen LogP contribution >= 0.6 is 0 Å². The molecule has 2 amide bonds. The van der Waals surface area contributed by atoms with Crippen LogP contribution in [-0.4, -0.2) is 54.6 Å². The van der Waals surface area contributed by atoms with E-state index in [1.54, 1.807) is 0 Å². The van der Waals surface area contributed by atoms with E-state index in [1.165, 1.54) is 24.2 Å². The Morgan fingerprint density at radius 1 is 0.950 bits per heavy atom. The standard InChI is InChI=1S/C15H24N2O3/c18-13-10-15(4-2-1-3-5-15)11-14(19)17(13)12-16-6-8-20-9-7-16/h1-12H2. The van der Waals surface area contributed by atoms with Crippen molar-refractivity contribution in [2.75, 3.05) is 33.0 Å². The Morgan fingerprint density at radius 2 is 1.55 bits per heavy atom. The topological polar surface area (TPSA) is 49.9 Å². The zero-order valence-electron chi connectivity index (χ0n) is 12.1. The maximum atomic E-state index is 12.4. The van der Waals surface area contributed by atoms with Crippen molar-refractivity contribution in [2.45, 2.75) is 44.9 Å². The number of hydrogen-bond acceptors (Lipinski definition) is 4. The molecular weight excluding hydrogens is 256 g/mol. The molecule has 2 saturated heterocycles. The predicted molar refractivity (Wildman–Crippen MR) is 73.9 cm³/mol. The largest absolute Gasteiger partial charge is 0.379 e. The van der Waals surface area contributed by atoms with Gasteiger partial charge in [0.05, 0.1) is 19.9 Å². The van der Waals surface area contributed by atoms with Crippen LogP contribution in [0, 0.1) is 5.41 Å². The van der Waals surface area contributed by atoms with Crippen LogP contribution in [0.4, 0.5) is 0 Å². The molecule has 0 unspecified atom stereocenters. The molecule has 1 spiro atoms. The molecule has 5 nitrogen and oxygen atoms in total. The Balaban J connectivity index is 1.62. The summed E-state index contributed by atoms with van der Waals surface area (Å²) in [5, 5.41) is 0. The Bertz CT molecular complexity index is 365. The van der Waals surface area contributed by atoms with E-state index in [4.69, 9.17) is 4.74 Å². The van der Waals surface area contributed by atoms with Gasteiger partial charge in [-0.15, -0.1) is 0 Å². The second kappa shape index (κ2) is 5.82. The summed E-state index contributed by atoms with van der Waals surface area (Å²) in [4.78, 5) is 28.4. The number of amides is 2. The van der Waals surface area contributed by atoms with E-state index in [0.29, 0.717) is 32.7 Å². The normalized spacial score (nSPS) is 28.1. The number of carbonyl (C=O) groups excluding carboxylic acids is 2. The van der Waals surface area contributed by atoms with Gasteiger partial charge in [0, 0.05) is 25.9 Å². The molecule has 0 bridgehead atoms. The van der Waals surface area contributed by atoms with Crippen LogP contribution in [0.2, 0.25) is 0 Å². The van der Waals surface area contributed by atoms with Crippen molar-refractivity contribution in [3.05, 3.63) is 0 Å². The molecule has 3 fully saturated rings. The van der Waals surface area contributed by atoms with Crippen LogP contribution in [0.1, 0.15) is 44.9 Å². The number of piperidine rings is 1. The number of morpholine rings is 1. The highest BCUT2D eigenvalue weighted by Gasteiger charge is 2.44.